The molecule has 0 bridgehead atoms. The van der Waals surface area contributed by atoms with Crippen molar-refractivity contribution in [3.8, 4) is 0 Å². The van der Waals surface area contributed by atoms with E-state index >= 15 is 0 Å². The summed E-state index contributed by atoms with van der Waals surface area (Å²) < 4.78 is 4.68. The van der Waals surface area contributed by atoms with Crippen molar-refractivity contribution in [3.05, 3.63) is 35.5 Å². The van der Waals surface area contributed by atoms with Gasteiger partial charge in [-0.05, 0) is 31.0 Å². The number of halogens is 1. The fourth-order valence-corrected chi connectivity index (χ4v) is 1.95. The van der Waals surface area contributed by atoms with Crippen molar-refractivity contribution < 1.29 is 9.53 Å². The van der Waals surface area contributed by atoms with E-state index < -0.39 is 0 Å². The number of nitrogens with one attached hydrogen (secondary N) is 1. The second-order valence-corrected chi connectivity index (χ2v) is 4.25. The molecule has 98 valence electrons. The highest BCUT2D eigenvalue weighted by molar-refractivity contribution is 5.95. The van der Waals surface area contributed by atoms with Gasteiger partial charge in [-0.1, -0.05) is 6.07 Å². The van der Waals surface area contributed by atoms with E-state index in [0.29, 0.717) is 5.56 Å². The first-order valence-electron chi connectivity index (χ1n) is 5.55. The second kappa shape index (κ2) is 5.89. The first-order chi connectivity index (χ1) is 8.11. The van der Waals surface area contributed by atoms with Gasteiger partial charge in [0.2, 0.25) is 0 Å². The summed E-state index contributed by atoms with van der Waals surface area (Å²) in [5.41, 5.74) is 8.44. The lowest BCUT2D eigenvalue weighted by Crippen LogP contribution is -2.17. The van der Waals surface area contributed by atoms with Crippen molar-refractivity contribution in [1.29, 1.82) is 0 Å². The van der Waals surface area contributed by atoms with Crippen LogP contribution >= 0.6 is 12.4 Å². The molecule has 0 saturated carbocycles. The molecule has 0 aliphatic heterocycles. The van der Waals surface area contributed by atoms with E-state index in [1.165, 1.54) is 12.7 Å². The van der Waals surface area contributed by atoms with Crippen LogP contribution < -0.4 is 5.73 Å². The van der Waals surface area contributed by atoms with Crippen molar-refractivity contribution in [3.63, 3.8) is 0 Å². The molecule has 0 radical (unpaired) electrons. The summed E-state index contributed by atoms with van der Waals surface area (Å²) in [6, 6.07) is 5.61. The van der Waals surface area contributed by atoms with E-state index in [1.54, 1.807) is 12.1 Å². The fraction of sp³-hybridized carbons (Fsp3) is 0.308. The van der Waals surface area contributed by atoms with E-state index in [1.807, 2.05) is 19.2 Å². The number of H-pyrrole nitrogens is 1. The van der Waals surface area contributed by atoms with Gasteiger partial charge in [0, 0.05) is 23.1 Å². The predicted molar refractivity (Wildman–Crippen MR) is 74.2 cm³/mol. The highest BCUT2D eigenvalue weighted by Crippen LogP contribution is 2.21. The molecule has 0 amide bonds. The summed E-state index contributed by atoms with van der Waals surface area (Å²) >= 11 is 0. The zero-order chi connectivity index (χ0) is 12.4. The van der Waals surface area contributed by atoms with Crippen LogP contribution in [0.4, 0.5) is 0 Å². The van der Waals surface area contributed by atoms with Crippen LogP contribution in [0.3, 0.4) is 0 Å². The minimum Gasteiger partial charge on any atom is -0.465 e. The van der Waals surface area contributed by atoms with Gasteiger partial charge in [0.25, 0.3) is 0 Å². The average Bonchev–Trinajstić information content (AvgIpc) is 2.70. The van der Waals surface area contributed by atoms with Gasteiger partial charge >= 0.3 is 5.97 Å². The number of aromatic nitrogens is 1. The van der Waals surface area contributed by atoms with Gasteiger partial charge in [-0.15, -0.1) is 12.4 Å². The van der Waals surface area contributed by atoms with Gasteiger partial charge in [-0.2, -0.15) is 0 Å². The molecule has 0 spiro atoms. The topological polar surface area (TPSA) is 68.1 Å². The van der Waals surface area contributed by atoms with Crippen molar-refractivity contribution in [1.82, 2.24) is 4.98 Å². The maximum atomic E-state index is 11.4. The lowest BCUT2D eigenvalue weighted by atomic mass is 10.1. The number of hydrogen-bond donors (Lipinski definition) is 2. The van der Waals surface area contributed by atoms with E-state index in [4.69, 9.17) is 5.73 Å². The lowest BCUT2D eigenvalue weighted by molar-refractivity contribution is 0.0601. The Balaban J connectivity index is 0.00000162. The van der Waals surface area contributed by atoms with Crippen LogP contribution in [0.2, 0.25) is 0 Å². The van der Waals surface area contributed by atoms with E-state index in [-0.39, 0.29) is 24.4 Å². The summed E-state index contributed by atoms with van der Waals surface area (Å²) in [7, 11) is 1.38. The summed E-state index contributed by atoms with van der Waals surface area (Å²) in [4.78, 5) is 14.5. The maximum Gasteiger partial charge on any atom is 0.337 e. The lowest BCUT2D eigenvalue weighted by Gasteiger charge is -2.03. The molecule has 0 unspecified atom stereocenters. The van der Waals surface area contributed by atoms with Crippen LogP contribution in [0, 0.1) is 0 Å². The van der Waals surface area contributed by atoms with Gasteiger partial charge in [0.1, 0.15) is 0 Å². The number of fused-ring (bicyclic) bond motifs is 1. The number of carbonyl (C=O) groups is 1. The Morgan fingerprint density at radius 3 is 2.83 bits per heavy atom. The van der Waals surface area contributed by atoms with Crippen molar-refractivity contribution in [2.24, 2.45) is 5.73 Å². The molecule has 1 heterocycles. The number of aromatic amines is 1. The van der Waals surface area contributed by atoms with Gasteiger partial charge in [-0.3, -0.25) is 0 Å². The van der Waals surface area contributed by atoms with Crippen molar-refractivity contribution >= 4 is 29.3 Å². The molecule has 18 heavy (non-hydrogen) atoms. The summed E-state index contributed by atoms with van der Waals surface area (Å²) in [5.74, 6) is -0.324. The number of hydrogen-bond acceptors (Lipinski definition) is 3. The molecule has 1 atom stereocenters. The Morgan fingerprint density at radius 2 is 2.22 bits per heavy atom. The van der Waals surface area contributed by atoms with Gasteiger partial charge < -0.3 is 15.5 Å². The molecule has 0 fully saturated rings. The third-order valence-corrected chi connectivity index (χ3v) is 2.73. The SMILES string of the molecule is COC(=O)c1ccc2c(C[C@@H](C)N)c[nH]c2c1.Cl. The molecule has 2 rings (SSSR count). The second-order valence-electron chi connectivity index (χ2n) is 4.25. The third-order valence-electron chi connectivity index (χ3n) is 2.73. The Hall–Kier alpha value is -1.52. The van der Waals surface area contributed by atoms with E-state index in [2.05, 4.69) is 9.72 Å². The fourth-order valence-electron chi connectivity index (χ4n) is 1.95. The highest BCUT2D eigenvalue weighted by Gasteiger charge is 2.10. The zero-order valence-electron chi connectivity index (χ0n) is 10.4. The predicted octanol–water partition coefficient (Wildman–Crippen LogP) is 2.27. The quantitative estimate of drug-likeness (QED) is 0.839. The largest absolute Gasteiger partial charge is 0.465 e. The van der Waals surface area contributed by atoms with Gasteiger partial charge in [0.05, 0.1) is 12.7 Å². The first kappa shape index (κ1) is 14.5. The van der Waals surface area contributed by atoms with Crippen LogP contribution in [-0.4, -0.2) is 24.1 Å². The summed E-state index contributed by atoms with van der Waals surface area (Å²) in [5, 5.41) is 1.11. The molecule has 5 heteroatoms. The molecule has 1 aromatic carbocycles. The van der Waals surface area contributed by atoms with Crippen LogP contribution in [0.25, 0.3) is 10.9 Å². The number of benzene rings is 1. The number of rotatable bonds is 3. The minimum absolute atomic E-state index is 0. The van der Waals surface area contributed by atoms with Crippen molar-refractivity contribution in [2.45, 2.75) is 19.4 Å². The van der Waals surface area contributed by atoms with Gasteiger partial charge in [-0.25, -0.2) is 4.79 Å². The molecular weight excluding hydrogens is 252 g/mol. The molecule has 1 aromatic heterocycles. The van der Waals surface area contributed by atoms with Crippen LogP contribution in [0.1, 0.15) is 22.8 Å². The molecule has 2 aromatic rings. The highest BCUT2D eigenvalue weighted by atomic mass is 35.5. The summed E-state index contributed by atoms with van der Waals surface area (Å²) in [6.45, 7) is 1.97. The number of nitrogens with two attached hydrogens (primary N) is 1. The van der Waals surface area contributed by atoms with E-state index in [9.17, 15) is 4.79 Å². The number of carbonyl (C=O) groups excluding carboxylic acids is 1. The van der Waals surface area contributed by atoms with Crippen LogP contribution in [-0.2, 0) is 11.2 Å². The smallest absolute Gasteiger partial charge is 0.337 e. The molecular formula is C13H17ClN2O2. The molecule has 0 aliphatic carbocycles. The third kappa shape index (κ3) is 2.83. The number of ether oxygens (including phenoxy) is 1. The summed E-state index contributed by atoms with van der Waals surface area (Å²) in [6.07, 6.45) is 2.76. The Morgan fingerprint density at radius 1 is 1.50 bits per heavy atom. The average molecular weight is 269 g/mol. The monoisotopic (exact) mass is 268 g/mol. The van der Waals surface area contributed by atoms with Crippen LogP contribution in [0.15, 0.2) is 24.4 Å². The standard InChI is InChI=1S/C13H16N2O2.ClH/c1-8(14)5-10-7-15-12-6-9(13(16)17-2)3-4-11(10)12;/h3-4,6-8,15H,5,14H2,1-2H3;1H/t8-;/m1./s1. The zero-order valence-corrected chi connectivity index (χ0v) is 11.2. The Kier molecular flexibility index (Phi) is 4.76. The molecule has 0 saturated heterocycles. The van der Waals surface area contributed by atoms with Crippen molar-refractivity contribution in [2.75, 3.05) is 7.11 Å². The maximum absolute atomic E-state index is 11.4. The number of methoxy groups -OCH3 is 1. The first-order valence-corrected chi connectivity index (χ1v) is 5.55. The Bertz CT molecular complexity index is 549. The van der Waals surface area contributed by atoms with Gasteiger partial charge in [0.15, 0.2) is 0 Å². The molecule has 3 N–H and O–H groups in total. The van der Waals surface area contributed by atoms with E-state index in [0.717, 1.165) is 17.3 Å². The number of esters is 1. The molecule has 4 nitrogen and oxygen atoms in total. The molecule has 0 aliphatic rings. The minimum atomic E-state index is -0.324. The van der Waals surface area contributed by atoms with Crippen LogP contribution in [0.5, 0.6) is 0 Å². The Labute approximate surface area is 112 Å². The normalized spacial score (nSPS) is 11.9.